The fraction of sp³-hybridized carbons (Fsp3) is 0.556. The summed E-state index contributed by atoms with van der Waals surface area (Å²) in [5.74, 6) is -1.43. The van der Waals surface area contributed by atoms with Crippen LogP contribution in [0.4, 0.5) is 13.2 Å². The molecule has 3 rings (SSSR count). The van der Waals surface area contributed by atoms with E-state index in [0.29, 0.717) is 12.0 Å². The Morgan fingerprint density at radius 3 is 2.19 bits per heavy atom. The first-order chi connectivity index (χ1) is 15.0. The topological polar surface area (TPSA) is 9.23 Å². The van der Waals surface area contributed by atoms with Gasteiger partial charge in [0.25, 0.3) is 0 Å². The first-order valence-corrected chi connectivity index (χ1v) is 11.9. The molecule has 0 spiro atoms. The number of unbranched alkanes of at least 4 members (excludes halogenated alkanes) is 2. The molecule has 0 aromatic heterocycles. The van der Waals surface area contributed by atoms with E-state index < -0.39 is 11.6 Å². The molecule has 1 nitrogen and oxygen atoms in total. The molecule has 0 saturated heterocycles. The lowest BCUT2D eigenvalue weighted by atomic mass is 9.82. The van der Waals surface area contributed by atoms with Gasteiger partial charge in [0.2, 0.25) is 0 Å². The van der Waals surface area contributed by atoms with Crippen molar-refractivity contribution in [2.45, 2.75) is 96.7 Å². The molecule has 1 aliphatic carbocycles. The van der Waals surface area contributed by atoms with E-state index in [4.69, 9.17) is 4.74 Å². The maximum atomic E-state index is 14.7. The summed E-state index contributed by atoms with van der Waals surface area (Å²) in [5, 5.41) is 0. The van der Waals surface area contributed by atoms with E-state index in [-0.39, 0.29) is 30.0 Å². The van der Waals surface area contributed by atoms with Crippen molar-refractivity contribution in [3.8, 4) is 0 Å². The molecule has 0 heterocycles. The van der Waals surface area contributed by atoms with Crippen LogP contribution in [0.25, 0.3) is 0 Å². The van der Waals surface area contributed by atoms with E-state index in [1.54, 1.807) is 18.2 Å². The van der Waals surface area contributed by atoms with Crippen molar-refractivity contribution in [2.75, 3.05) is 0 Å². The molecule has 0 aliphatic heterocycles. The van der Waals surface area contributed by atoms with Crippen molar-refractivity contribution in [1.29, 1.82) is 0 Å². The number of rotatable bonds is 10. The molecule has 4 heteroatoms. The molecular weight excluding hydrogens is 397 g/mol. The molecule has 0 unspecified atom stereocenters. The van der Waals surface area contributed by atoms with Crippen molar-refractivity contribution in [3.63, 3.8) is 0 Å². The molecule has 170 valence electrons. The fourth-order valence-electron chi connectivity index (χ4n) is 4.59. The highest BCUT2D eigenvalue weighted by atomic mass is 19.2. The summed E-state index contributed by atoms with van der Waals surface area (Å²) >= 11 is 0. The van der Waals surface area contributed by atoms with Crippen molar-refractivity contribution in [1.82, 2.24) is 0 Å². The molecule has 1 fully saturated rings. The van der Waals surface area contributed by atoms with E-state index in [9.17, 15) is 13.2 Å². The Morgan fingerprint density at radius 2 is 1.52 bits per heavy atom. The monoisotopic (exact) mass is 432 g/mol. The molecule has 2 aromatic carbocycles. The highest BCUT2D eigenvalue weighted by Gasteiger charge is 2.25. The van der Waals surface area contributed by atoms with Crippen LogP contribution in [0.1, 0.15) is 93.4 Å². The van der Waals surface area contributed by atoms with Crippen molar-refractivity contribution in [2.24, 2.45) is 0 Å². The van der Waals surface area contributed by atoms with Crippen LogP contribution in [-0.2, 0) is 24.2 Å². The lowest BCUT2D eigenvalue weighted by Gasteiger charge is -2.29. The van der Waals surface area contributed by atoms with E-state index in [0.717, 1.165) is 62.5 Å². The summed E-state index contributed by atoms with van der Waals surface area (Å²) in [6, 6.07) is 9.01. The van der Waals surface area contributed by atoms with E-state index in [1.807, 2.05) is 13.0 Å². The number of halogens is 3. The highest BCUT2D eigenvalue weighted by Crippen LogP contribution is 2.36. The molecule has 0 atom stereocenters. The van der Waals surface area contributed by atoms with Gasteiger partial charge in [0.15, 0.2) is 11.6 Å². The predicted molar refractivity (Wildman–Crippen MR) is 120 cm³/mol. The number of ether oxygens (including phenoxy) is 1. The smallest absolute Gasteiger partial charge is 0.164 e. The summed E-state index contributed by atoms with van der Waals surface area (Å²) in [4.78, 5) is 0. The Balaban J connectivity index is 1.50. The molecule has 31 heavy (non-hydrogen) atoms. The van der Waals surface area contributed by atoms with Gasteiger partial charge in [0, 0.05) is 5.56 Å². The summed E-state index contributed by atoms with van der Waals surface area (Å²) in [6.45, 7) is 4.19. The molecule has 0 bridgehead atoms. The first-order valence-electron chi connectivity index (χ1n) is 11.9. The van der Waals surface area contributed by atoms with Crippen LogP contribution in [0.5, 0.6) is 0 Å². The Kier molecular flexibility index (Phi) is 9.01. The Morgan fingerprint density at radius 1 is 0.806 bits per heavy atom. The van der Waals surface area contributed by atoms with Gasteiger partial charge in [-0.05, 0) is 73.6 Å². The summed E-state index contributed by atoms with van der Waals surface area (Å²) in [5.41, 5.74) is 2.56. The second kappa shape index (κ2) is 11.7. The highest BCUT2D eigenvalue weighted by molar-refractivity contribution is 5.28. The zero-order valence-electron chi connectivity index (χ0n) is 18.9. The quantitative estimate of drug-likeness (QED) is 0.345. The molecule has 1 saturated carbocycles. The summed E-state index contributed by atoms with van der Waals surface area (Å²) < 4.78 is 49.0. The van der Waals surface area contributed by atoms with E-state index in [2.05, 4.69) is 13.0 Å². The number of aryl methyl sites for hydroxylation is 2. The third-order valence-corrected chi connectivity index (χ3v) is 6.48. The molecular formula is C27H35F3O. The van der Waals surface area contributed by atoms with Crippen LogP contribution in [0.3, 0.4) is 0 Å². The minimum atomic E-state index is -0.791. The molecule has 0 radical (unpaired) electrons. The lowest BCUT2D eigenvalue weighted by molar-refractivity contribution is 0.0116. The molecule has 0 amide bonds. The molecule has 0 N–H and O–H groups in total. The standard InChI is InChI=1S/C27H35F3O/c1-3-5-6-8-19-9-16-24(25(28)17-19)20-12-14-23(15-13-20)31-18-22-11-10-21(7-4-2)26(29)27(22)30/h9-11,16-17,20,23H,3-8,12-15,18H2,1-2H3. The SMILES string of the molecule is CCCCCc1ccc(C2CCC(OCc3ccc(CCC)c(F)c3F)CC2)c(F)c1. The normalized spacial score (nSPS) is 19.0. The van der Waals surface area contributed by atoms with Crippen LogP contribution in [-0.4, -0.2) is 6.10 Å². The van der Waals surface area contributed by atoms with E-state index in [1.165, 1.54) is 6.42 Å². The number of benzene rings is 2. The van der Waals surface area contributed by atoms with Gasteiger partial charge in [-0.2, -0.15) is 0 Å². The van der Waals surface area contributed by atoms with Gasteiger partial charge in [-0.15, -0.1) is 0 Å². The second-order valence-corrected chi connectivity index (χ2v) is 8.86. The van der Waals surface area contributed by atoms with Crippen LogP contribution in [0, 0.1) is 17.5 Å². The summed E-state index contributed by atoms with van der Waals surface area (Å²) in [7, 11) is 0. The van der Waals surface area contributed by atoms with Gasteiger partial charge < -0.3 is 4.74 Å². The third kappa shape index (κ3) is 6.35. The molecule has 1 aliphatic rings. The minimum Gasteiger partial charge on any atom is -0.373 e. The Bertz CT molecular complexity index is 841. The summed E-state index contributed by atoms with van der Waals surface area (Å²) in [6.07, 6.45) is 9.00. The minimum absolute atomic E-state index is 0.00501. The first kappa shape index (κ1) is 23.8. The van der Waals surface area contributed by atoms with Crippen molar-refractivity contribution >= 4 is 0 Å². The number of hydrogen-bond acceptors (Lipinski definition) is 1. The van der Waals surface area contributed by atoms with Crippen LogP contribution in [0.2, 0.25) is 0 Å². The van der Waals surface area contributed by atoms with Crippen LogP contribution >= 0.6 is 0 Å². The van der Waals surface area contributed by atoms with Gasteiger partial charge >= 0.3 is 0 Å². The van der Waals surface area contributed by atoms with Gasteiger partial charge in [-0.3, -0.25) is 0 Å². The maximum Gasteiger partial charge on any atom is 0.164 e. The zero-order chi connectivity index (χ0) is 22.2. The Hall–Kier alpha value is -1.81. The maximum absolute atomic E-state index is 14.7. The van der Waals surface area contributed by atoms with Gasteiger partial charge in [-0.1, -0.05) is 57.4 Å². The average molecular weight is 433 g/mol. The van der Waals surface area contributed by atoms with Crippen molar-refractivity contribution in [3.05, 3.63) is 70.0 Å². The Labute approximate surface area is 185 Å². The van der Waals surface area contributed by atoms with Crippen LogP contribution in [0.15, 0.2) is 30.3 Å². The average Bonchev–Trinajstić information content (AvgIpc) is 2.77. The molecule has 2 aromatic rings. The fourth-order valence-corrected chi connectivity index (χ4v) is 4.59. The van der Waals surface area contributed by atoms with Gasteiger partial charge in [0.05, 0.1) is 12.7 Å². The van der Waals surface area contributed by atoms with E-state index >= 15 is 0 Å². The predicted octanol–water partition coefficient (Wildman–Crippen LogP) is 8.03. The zero-order valence-corrected chi connectivity index (χ0v) is 18.9. The number of hydrogen-bond donors (Lipinski definition) is 0. The van der Waals surface area contributed by atoms with Gasteiger partial charge in [-0.25, -0.2) is 13.2 Å². The van der Waals surface area contributed by atoms with Gasteiger partial charge in [0.1, 0.15) is 5.82 Å². The lowest BCUT2D eigenvalue weighted by Crippen LogP contribution is -2.21. The second-order valence-electron chi connectivity index (χ2n) is 8.86. The van der Waals surface area contributed by atoms with Crippen molar-refractivity contribution < 1.29 is 17.9 Å². The van der Waals surface area contributed by atoms with Crippen LogP contribution < -0.4 is 0 Å². The largest absolute Gasteiger partial charge is 0.373 e. The third-order valence-electron chi connectivity index (χ3n) is 6.48.